The monoisotopic (exact) mass is 448 g/mol. The Kier molecular flexibility index (Phi) is 6.58. The third kappa shape index (κ3) is 4.82. The highest BCUT2D eigenvalue weighted by molar-refractivity contribution is 6.07. The number of fused-ring (bicyclic) bond motifs is 1. The molecule has 170 valence electrons. The zero-order valence-electron chi connectivity index (χ0n) is 18.5. The van der Waals surface area contributed by atoms with Crippen molar-refractivity contribution in [3.8, 4) is 5.75 Å². The number of methoxy groups -OCH3 is 1. The van der Waals surface area contributed by atoms with Crippen LogP contribution in [0.5, 0.6) is 5.75 Å². The van der Waals surface area contributed by atoms with Crippen LogP contribution in [0.3, 0.4) is 0 Å². The Morgan fingerprint density at radius 1 is 1.06 bits per heavy atom. The lowest BCUT2D eigenvalue weighted by Gasteiger charge is -2.39. The first kappa shape index (κ1) is 22.3. The second-order valence-corrected chi connectivity index (χ2v) is 7.93. The van der Waals surface area contributed by atoms with Gasteiger partial charge in [-0.2, -0.15) is 0 Å². The van der Waals surface area contributed by atoms with Crippen LogP contribution in [0.2, 0.25) is 0 Å². The molecule has 7 heteroatoms. The zero-order chi connectivity index (χ0) is 23.4. The lowest BCUT2D eigenvalue weighted by atomic mass is 9.91. The molecule has 1 heterocycles. The van der Waals surface area contributed by atoms with Gasteiger partial charge in [0.2, 0.25) is 0 Å². The normalized spacial score (nSPS) is 17.1. The van der Waals surface area contributed by atoms with Gasteiger partial charge >= 0.3 is 6.09 Å². The molecule has 0 spiro atoms. The van der Waals surface area contributed by atoms with Gasteiger partial charge in [-0.25, -0.2) is 9.18 Å². The molecule has 0 radical (unpaired) electrons. The van der Waals surface area contributed by atoms with E-state index in [1.165, 1.54) is 19.2 Å². The topological polar surface area (TPSA) is 67.9 Å². The molecule has 0 saturated carbocycles. The quantitative estimate of drug-likeness (QED) is 0.580. The number of nitrogens with one attached hydrogen (secondary N) is 1. The fourth-order valence-electron chi connectivity index (χ4n) is 4.10. The number of halogens is 1. The molecular formula is C26H25FN2O4. The maximum atomic E-state index is 14.2. The molecule has 0 bridgehead atoms. The van der Waals surface area contributed by atoms with E-state index in [1.807, 2.05) is 61.5 Å². The van der Waals surface area contributed by atoms with E-state index in [9.17, 15) is 14.0 Å². The van der Waals surface area contributed by atoms with Crippen molar-refractivity contribution >= 4 is 17.7 Å². The van der Waals surface area contributed by atoms with Gasteiger partial charge in [-0.1, -0.05) is 48.5 Å². The number of carbonyl (C=O) groups is 2. The Hall–Kier alpha value is -3.87. The SMILES string of the molecule is COc1ccc(C(=O)N2c3ccccc3C(NC(=O)OCc3ccccc3)CC2C)cc1F. The molecule has 6 nitrogen and oxygen atoms in total. The van der Waals surface area contributed by atoms with Crippen LogP contribution in [0.1, 0.15) is 40.9 Å². The van der Waals surface area contributed by atoms with Crippen molar-refractivity contribution in [2.24, 2.45) is 0 Å². The number of hydrogen-bond donors (Lipinski definition) is 1. The molecule has 3 aromatic carbocycles. The standard InChI is InChI=1S/C26H25FN2O4/c1-17-14-22(28-26(31)33-16-18-8-4-3-5-9-18)20-10-6-7-11-23(20)29(17)25(30)19-12-13-24(32-2)21(27)15-19/h3-13,15,17,22H,14,16H2,1-2H3,(H,28,31). The van der Waals surface area contributed by atoms with Crippen molar-refractivity contribution < 1.29 is 23.5 Å². The molecule has 0 fully saturated rings. The summed E-state index contributed by atoms with van der Waals surface area (Å²) in [5.41, 5.74) is 2.60. The van der Waals surface area contributed by atoms with Crippen molar-refractivity contribution in [3.05, 3.63) is 95.3 Å². The summed E-state index contributed by atoms with van der Waals surface area (Å²) in [5.74, 6) is -0.833. The molecule has 2 unspecified atom stereocenters. The second-order valence-electron chi connectivity index (χ2n) is 7.93. The highest BCUT2D eigenvalue weighted by atomic mass is 19.1. The van der Waals surface area contributed by atoms with Crippen LogP contribution < -0.4 is 15.0 Å². The van der Waals surface area contributed by atoms with Gasteiger partial charge in [0.1, 0.15) is 6.61 Å². The number of para-hydroxylation sites is 1. The molecule has 0 aliphatic carbocycles. The minimum atomic E-state index is -0.595. The Bertz CT molecular complexity index is 1150. The number of ether oxygens (including phenoxy) is 2. The minimum Gasteiger partial charge on any atom is -0.494 e. The van der Waals surface area contributed by atoms with Gasteiger partial charge in [-0.05, 0) is 48.7 Å². The number of anilines is 1. The summed E-state index contributed by atoms with van der Waals surface area (Å²) < 4.78 is 24.5. The fourth-order valence-corrected chi connectivity index (χ4v) is 4.10. The van der Waals surface area contributed by atoms with E-state index >= 15 is 0 Å². The molecular weight excluding hydrogens is 423 g/mol. The number of amides is 2. The molecule has 2 atom stereocenters. The molecule has 0 aromatic heterocycles. The molecule has 0 saturated heterocycles. The first-order chi connectivity index (χ1) is 16.0. The van der Waals surface area contributed by atoms with Gasteiger partial charge in [0.25, 0.3) is 5.91 Å². The molecule has 3 aromatic rings. The van der Waals surface area contributed by atoms with Gasteiger partial charge in [0, 0.05) is 17.3 Å². The second kappa shape index (κ2) is 9.73. The van der Waals surface area contributed by atoms with Crippen LogP contribution in [0.4, 0.5) is 14.9 Å². The van der Waals surface area contributed by atoms with Gasteiger partial charge in [-0.3, -0.25) is 4.79 Å². The lowest BCUT2D eigenvalue weighted by Crippen LogP contribution is -2.46. The van der Waals surface area contributed by atoms with Gasteiger partial charge < -0.3 is 19.7 Å². The van der Waals surface area contributed by atoms with E-state index in [2.05, 4.69) is 5.32 Å². The average molecular weight is 448 g/mol. The first-order valence-electron chi connectivity index (χ1n) is 10.7. The summed E-state index contributed by atoms with van der Waals surface area (Å²) in [5, 5.41) is 2.92. The third-order valence-electron chi connectivity index (χ3n) is 5.71. The van der Waals surface area contributed by atoms with E-state index in [0.717, 1.165) is 11.1 Å². The molecule has 1 aliphatic rings. The highest BCUT2D eigenvalue weighted by Crippen LogP contribution is 2.38. The van der Waals surface area contributed by atoms with Crippen molar-refractivity contribution in [3.63, 3.8) is 0 Å². The number of alkyl carbamates (subject to hydrolysis) is 1. The van der Waals surface area contributed by atoms with Crippen LogP contribution in [0.15, 0.2) is 72.8 Å². The Labute approximate surface area is 191 Å². The number of rotatable bonds is 5. The molecule has 2 amide bonds. The summed E-state index contributed by atoms with van der Waals surface area (Å²) in [6.45, 7) is 2.07. The highest BCUT2D eigenvalue weighted by Gasteiger charge is 2.35. The Balaban J connectivity index is 1.53. The maximum absolute atomic E-state index is 14.2. The largest absolute Gasteiger partial charge is 0.494 e. The first-order valence-corrected chi connectivity index (χ1v) is 10.7. The van der Waals surface area contributed by atoms with Crippen LogP contribution in [-0.4, -0.2) is 25.2 Å². The minimum absolute atomic E-state index is 0.0805. The number of benzene rings is 3. The van der Waals surface area contributed by atoms with E-state index in [0.29, 0.717) is 12.1 Å². The van der Waals surface area contributed by atoms with Crippen molar-refractivity contribution in [1.82, 2.24) is 5.32 Å². The van der Waals surface area contributed by atoms with E-state index in [-0.39, 0.29) is 35.9 Å². The number of hydrogen-bond acceptors (Lipinski definition) is 4. The van der Waals surface area contributed by atoms with Crippen LogP contribution in [-0.2, 0) is 11.3 Å². The van der Waals surface area contributed by atoms with E-state index in [1.54, 1.807) is 11.0 Å². The molecule has 1 N–H and O–H groups in total. The maximum Gasteiger partial charge on any atom is 0.407 e. The molecule has 1 aliphatic heterocycles. The van der Waals surface area contributed by atoms with Crippen LogP contribution in [0, 0.1) is 5.82 Å². The average Bonchev–Trinajstić information content (AvgIpc) is 2.83. The van der Waals surface area contributed by atoms with E-state index < -0.39 is 11.9 Å². The summed E-state index contributed by atoms with van der Waals surface area (Å²) >= 11 is 0. The zero-order valence-corrected chi connectivity index (χ0v) is 18.5. The summed E-state index contributed by atoms with van der Waals surface area (Å²) in [4.78, 5) is 27.4. The van der Waals surface area contributed by atoms with Crippen molar-refractivity contribution in [2.75, 3.05) is 12.0 Å². The number of carbonyl (C=O) groups excluding carboxylic acids is 2. The van der Waals surface area contributed by atoms with Gasteiger partial charge in [0.05, 0.1) is 13.2 Å². The number of nitrogens with zero attached hydrogens (tertiary/aromatic N) is 1. The summed E-state index contributed by atoms with van der Waals surface area (Å²) in [7, 11) is 1.38. The smallest absolute Gasteiger partial charge is 0.407 e. The predicted octanol–water partition coefficient (Wildman–Crippen LogP) is 5.24. The predicted molar refractivity (Wildman–Crippen MR) is 123 cm³/mol. The van der Waals surface area contributed by atoms with E-state index in [4.69, 9.17) is 9.47 Å². The fraction of sp³-hybridized carbons (Fsp3) is 0.231. The molecule has 4 rings (SSSR count). The van der Waals surface area contributed by atoms with Crippen LogP contribution in [0.25, 0.3) is 0 Å². The van der Waals surface area contributed by atoms with Crippen molar-refractivity contribution in [1.29, 1.82) is 0 Å². The van der Waals surface area contributed by atoms with Gasteiger partial charge in [0.15, 0.2) is 11.6 Å². The third-order valence-corrected chi connectivity index (χ3v) is 5.71. The summed E-state index contributed by atoms with van der Waals surface area (Å²) in [6, 6.07) is 20.4. The Morgan fingerprint density at radius 3 is 2.52 bits per heavy atom. The van der Waals surface area contributed by atoms with Crippen LogP contribution >= 0.6 is 0 Å². The Morgan fingerprint density at radius 2 is 1.79 bits per heavy atom. The van der Waals surface area contributed by atoms with Crippen molar-refractivity contribution in [2.45, 2.75) is 32.0 Å². The van der Waals surface area contributed by atoms with Gasteiger partial charge in [-0.15, -0.1) is 0 Å². The molecule has 33 heavy (non-hydrogen) atoms. The summed E-state index contributed by atoms with van der Waals surface area (Å²) in [6.07, 6.45) is -0.0372. The lowest BCUT2D eigenvalue weighted by molar-refractivity contribution is 0.0971.